The normalized spacial score (nSPS) is 10.9. The molecule has 0 saturated heterocycles. The largest absolute Gasteiger partial charge is 0.368 e. The highest BCUT2D eigenvalue weighted by Gasteiger charge is 2.11. The summed E-state index contributed by atoms with van der Waals surface area (Å²) in [5.74, 6) is 0.317. The first-order valence-corrected chi connectivity index (χ1v) is 5.82. The van der Waals surface area contributed by atoms with E-state index in [2.05, 4.69) is 26.9 Å². The van der Waals surface area contributed by atoms with E-state index in [1.54, 1.807) is 12.4 Å². The van der Waals surface area contributed by atoms with Crippen LogP contribution in [0, 0.1) is 0 Å². The van der Waals surface area contributed by atoms with Crippen molar-refractivity contribution in [2.45, 2.75) is 13.3 Å². The van der Waals surface area contributed by atoms with Crippen molar-refractivity contribution in [1.29, 1.82) is 0 Å². The molecular weight excluding hydrogens is 226 g/mol. The van der Waals surface area contributed by atoms with E-state index in [9.17, 15) is 0 Å². The second-order valence-corrected chi connectivity index (χ2v) is 4.07. The van der Waals surface area contributed by atoms with Crippen molar-refractivity contribution in [2.24, 2.45) is 0 Å². The van der Waals surface area contributed by atoms with E-state index >= 15 is 0 Å². The summed E-state index contributed by atoms with van der Waals surface area (Å²) in [5.41, 5.74) is 9.70. The van der Waals surface area contributed by atoms with Crippen LogP contribution in [0.1, 0.15) is 12.6 Å². The molecule has 5 heteroatoms. The number of nitrogens with one attached hydrogen (secondary N) is 1. The number of nitrogens with two attached hydrogens (primary N) is 1. The van der Waals surface area contributed by atoms with Gasteiger partial charge in [0.05, 0.1) is 17.4 Å². The molecular formula is C13H13N5. The van der Waals surface area contributed by atoms with Gasteiger partial charge in [0, 0.05) is 35.1 Å². The molecule has 0 radical (unpaired) electrons. The molecule has 0 unspecified atom stereocenters. The number of aromatic nitrogens is 4. The predicted octanol–water partition coefficient (Wildman–Crippen LogP) is 2.16. The minimum absolute atomic E-state index is 0.317. The molecule has 3 aromatic rings. The number of pyridine rings is 1. The van der Waals surface area contributed by atoms with Crippen molar-refractivity contribution in [3.63, 3.8) is 0 Å². The quantitative estimate of drug-likeness (QED) is 0.718. The maximum Gasteiger partial charge on any atom is 0.220 e. The Morgan fingerprint density at radius 2 is 2.17 bits per heavy atom. The van der Waals surface area contributed by atoms with Gasteiger partial charge in [0.25, 0.3) is 0 Å². The van der Waals surface area contributed by atoms with E-state index in [-0.39, 0.29) is 0 Å². The number of H-pyrrole nitrogens is 1. The average molecular weight is 239 g/mol. The first-order valence-electron chi connectivity index (χ1n) is 5.82. The number of rotatable bonds is 2. The second-order valence-electron chi connectivity index (χ2n) is 4.07. The molecule has 0 aliphatic carbocycles. The van der Waals surface area contributed by atoms with E-state index in [4.69, 9.17) is 5.73 Å². The number of hydrogen-bond donors (Lipinski definition) is 2. The van der Waals surface area contributed by atoms with Gasteiger partial charge in [0.15, 0.2) is 0 Å². The third-order valence-corrected chi connectivity index (χ3v) is 2.99. The van der Waals surface area contributed by atoms with Crippen molar-refractivity contribution < 1.29 is 0 Å². The fourth-order valence-corrected chi connectivity index (χ4v) is 2.12. The lowest BCUT2D eigenvalue weighted by atomic mass is 10.0. The van der Waals surface area contributed by atoms with Gasteiger partial charge < -0.3 is 10.7 Å². The van der Waals surface area contributed by atoms with E-state index in [1.165, 1.54) is 0 Å². The molecule has 0 aromatic carbocycles. The van der Waals surface area contributed by atoms with Crippen molar-refractivity contribution >= 4 is 16.9 Å². The Bertz CT molecular complexity index is 701. The van der Waals surface area contributed by atoms with Gasteiger partial charge in [-0.1, -0.05) is 6.92 Å². The van der Waals surface area contributed by atoms with E-state index in [1.807, 2.05) is 18.5 Å². The molecule has 0 amide bonds. The highest BCUT2D eigenvalue weighted by atomic mass is 15.0. The highest BCUT2D eigenvalue weighted by Crippen LogP contribution is 2.29. The SMILES string of the molecule is CCc1nc(N)ncc1-c1c[nH]c2cnccc12. The lowest BCUT2D eigenvalue weighted by molar-refractivity contribution is 1.01. The summed E-state index contributed by atoms with van der Waals surface area (Å²) < 4.78 is 0. The Kier molecular flexibility index (Phi) is 2.44. The van der Waals surface area contributed by atoms with Crippen LogP contribution in [0.4, 0.5) is 5.95 Å². The fraction of sp³-hybridized carbons (Fsp3) is 0.154. The lowest BCUT2D eigenvalue weighted by Crippen LogP contribution is -2.00. The summed E-state index contributed by atoms with van der Waals surface area (Å²) in [4.78, 5) is 15.7. The van der Waals surface area contributed by atoms with Gasteiger partial charge in [-0.3, -0.25) is 4.98 Å². The molecule has 0 bridgehead atoms. The molecule has 3 rings (SSSR count). The number of aromatic amines is 1. The fourth-order valence-electron chi connectivity index (χ4n) is 2.12. The van der Waals surface area contributed by atoms with Crippen LogP contribution in [0.15, 0.2) is 30.9 Å². The summed E-state index contributed by atoms with van der Waals surface area (Å²) in [6.45, 7) is 2.06. The Hall–Kier alpha value is -2.43. The standard InChI is InChI=1S/C13H13N5/c1-2-11-10(6-17-13(14)18-11)9-5-16-12-7-15-4-3-8(9)12/h3-7,16H,2H2,1H3,(H2,14,17,18). The van der Waals surface area contributed by atoms with E-state index in [0.717, 1.165) is 34.1 Å². The zero-order valence-corrected chi connectivity index (χ0v) is 10.0. The van der Waals surface area contributed by atoms with Gasteiger partial charge in [0.1, 0.15) is 0 Å². The average Bonchev–Trinajstić information content (AvgIpc) is 2.82. The summed E-state index contributed by atoms with van der Waals surface area (Å²) in [5, 5.41) is 1.12. The molecule has 0 atom stereocenters. The number of hydrogen-bond acceptors (Lipinski definition) is 4. The summed E-state index contributed by atoms with van der Waals surface area (Å²) in [6, 6.07) is 1.98. The molecule has 3 heterocycles. The molecule has 90 valence electrons. The minimum Gasteiger partial charge on any atom is -0.368 e. The molecule has 3 aromatic heterocycles. The van der Waals surface area contributed by atoms with Crippen LogP contribution >= 0.6 is 0 Å². The van der Waals surface area contributed by atoms with E-state index in [0.29, 0.717) is 5.95 Å². The van der Waals surface area contributed by atoms with Crippen LogP contribution in [0.2, 0.25) is 0 Å². The summed E-state index contributed by atoms with van der Waals surface area (Å²) in [7, 11) is 0. The molecule has 5 nitrogen and oxygen atoms in total. The number of nitrogen functional groups attached to an aromatic ring is 1. The Morgan fingerprint density at radius 3 is 3.00 bits per heavy atom. The van der Waals surface area contributed by atoms with Crippen LogP contribution in [0.25, 0.3) is 22.0 Å². The van der Waals surface area contributed by atoms with Crippen molar-refractivity contribution in [3.8, 4) is 11.1 Å². The number of fused-ring (bicyclic) bond motifs is 1. The van der Waals surface area contributed by atoms with Crippen molar-refractivity contribution in [1.82, 2.24) is 19.9 Å². The van der Waals surface area contributed by atoms with Gasteiger partial charge >= 0.3 is 0 Å². The lowest BCUT2D eigenvalue weighted by Gasteiger charge is -2.06. The first kappa shape index (κ1) is 10.7. The maximum absolute atomic E-state index is 5.63. The number of aryl methyl sites for hydroxylation is 1. The molecule has 18 heavy (non-hydrogen) atoms. The van der Waals surface area contributed by atoms with Gasteiger partial charge in [-0.25, -0.2) is 9.97 Å². The third-order valence-electron chi connectivity index (χ3n) is 2.99. The van der Waals surface area contributed by atoms with Crippen molar-refractivity contribution in [2.75, 3.05) is 5.73 Å². The van der Waals surface area contributed by atoms with Crippen LogP contribution in [-0.2, 0) is 6.42 Å². The molecule has 3 N–H and O–H groups in total. The molecule has 0 aliphatic rings. The highest BCUT2D eigenvalue weighted by molar-refractivity contribution is 5.95. The minimum atomic E-state index is 0.317. The summed E-state index contributed by atoms with van der Waals surface area (Å²) >= 11 is 0. The maximum atomic E-state index is 5.63. The topological polar surface area (TPSA) is 80.5 Å². The van der Waals surface area contributed by atoms with Gasteiger partial charge in [0.2, 0.25) is 5.95 Å². The Labute approximate surface area is 104 Å². The summed E-state index contributed by atoms with van der Waals surface area (Å²) in [6.07, 6.45) is 8.15. The van der Waals surface area contributed by atoms with E-state index < -0.39 is 0 Å². The molecule has 0 saturated carbocycles. The number of anilines is 1. The van der Waals surface area contributed by atoms with Crippen LogP contribution in [0.3, 0.4) is 0 Å². The van der Waals surface area contributed by atoms with Gasteiger partial charge in [-0.05, 0) is 12.5 Å². The van der Waals surface area contributed by atoms with Gasteiger partial charge in [-0.15, -0.1) is 0 Å². The number of nitrogens with zero attached hydrogens (tertiary/aromatic N) is 3. The Balaban J connectivity index is 2.26. The van der Waals surface area contributed by atoms with Crippen molar-refractivity contribution in [3.05, 3.63) is 36.5 Å². The monoisotopic (exact) mass is 239 g/mol. The first-order chi connectivity index (χ1) is 8.79. The van der Waals surface area contributed by atoms with Gasteiger partial charge in [-0.2, -0.15) is 0 Å². The zero-order chi connectivity index (χ0) is 12.5. The second kappa shape index (κ2) is 4.10. The molecule has 0 aliphatic heterocycles. The molecule has 0 spiro atoms. The van der Waals surface area contributed by atoms with Crippen LogP contribution < -0.4 is 5.73 Å². The zero-order valence-electron chi connectivity index (χ0n) is 10.0. The van der Waals surface area contributed by atoms with Crippen LogP contribution in [0.5, 0.6) is 0 Å². The Morgan fingerprint density at radius 1 is 1.28 bits per heavy atom. The third kappa shape index (κ3) is 1.60. The predicted molar refractivity (Wildman–Crippen MR) is 70.9 cm³/mol. The van der Waals surface area contributed by atoms with Crippen LogP contribution in [-0.4, -0.2) is 19.9 Å². The molecule has 0 fully saturated rings. The smallest absolute Gasteiger partial charge is 0.220 e.